The topological polar surface area (TPSA) is 48.9 Å². The molecule has 1 aromatic heterocycles. The van der Waals surface area contributed by atoms with Gasteiger partial charge in [0.2, 0.25) is 6.33 Å². The van der Waals surface area contributed by atoms with E-state index in [4.69, 9.17) is 0 Å². The lowest BCUT2D eigenvalue weighted by Gasteiger charge is -2.00. The van der Waals surface area contributed by atoms with Crippen LogP contribution in [0.5, 0.6) is 0 Å². The molecule has 4 nitrogen and oxygen atoms in total. The van der Waals surface area contributed by atoms with Gasteiger partial charge in [0, 0.05) is 5.97 Å². The molecule has 122 valence electrons. The number of aliphatic carboxylic acids is 1. The largest absolute Gasteiger partial charge is 0.550 e. The van der Waals surface area contributed by atoms with E-state index < -0.39 is 5.97 Å². The zero-order chi connectivity index (χ0) is 15.9. The molecule has 0 spiro atoms. The van der Waals surface area contributed by atoms with Crippen LogP contribution in [0.4, 0.5) is 0 Å². The van der Waals surface area contributed by atoms with Gasteiger partial charge in [0.25, 0.3) is 0 Å². The summed E-state index contributed by atoms with van der Waals surface area (Å²) in [7, 11) is 0. The average Bonchev–Trinajstić information content (AvgIpc) is 2.87. The van der Waals surface area contributed by atoms with Gasteiger partial charge in [0.15, 0.2) is 0 Å². The van der Waals surface area contributed by atoms with Crippen molar-refractivity contribution in [3.8, 4) is 0 Å². The first-order valence-corrected chi connectivity index (χ1v) is 8.38. The number of carboxylic acids is 1. The number of nitrogens with zero attached hydrogens (tertiary/aromatic N) is 2. The van der Waals surface area contributed by atoms with Crippen LogP contribution >= 0.6 is 0 Å². The Morgan fingerprint density at radius 2 is 1.76 bits per heavy atom. The first-order chi connectivity index (χ1) is 10.1. The summed E-state index contributed by atoms with van der Waals surface area (Å²) in [5, 5.41) is 9.92. The maximum Gasteiger partial charge on any atom is 0.243 e. The van der Waals surface area contributed by atoms with Crippen LogP contribution in [0.3, 0.4) is 0 Å². The molecule has 1 aromatic rings. The summed E-state index contributed by atoms with van der Waals surface area (Å²) >= 11 is 0. The lowest BCUT2D eigenvalue weighted by molar-refractivity contribution is -0.696. The van der Waals surface area contributed by atoms with Crippen LogP contribution in [0.15, 0.2) is 18.7 Å². The quantitative estimate of drug-likeness (QED) is 0.492. The van der Waals surface area contributed by atoms with E-state index in [9.17, 15) is 9.90 Å². The van der Waals surface area contributed by atoms with Crippen LogP contribution in [0, 0.1) is 0 Å². The molecule has 0 radical (unpaired) electrons. The van der Waals surface area contributed by atoms with Gasteiger partial charge < -0.3 is 9.90 Å². The van der Waals surface area contributed by atoms with Gasteiger partial charge >= 0.3 is 0 Å². The molecule has 0 unspecified atom stereocenters. The van der Waals surface area contributed by atoms with Crippen LogP contribution in [-0.4, -0.2) is 10.5 Å². The summed E-state index contributed by atoms with van der Waals surface area (Å²) in [5.74, 6) is -0.920. The molecule has 0 fully saturated rings. The number of carboxylic acid groups (broad SMARTS) is 1. The molecule has 0 aromatic carbocycles. The van der Waals surface area contributed by atoms with Crippen molar-refractivity contribution >= 4 is 5.97 Å². The van der Waals surface area contributed by atoms with Crippen molar-refractivity contribution in [2.75, 3.05) is 0 Å². The molecule has 1 heterocycles. The highest BCUT2D eigenvalue weighted by atomic mass is 16.4. The molecular weight excluding hydrogens is 264 g/mol. The Labute approximate surface area is 129 Å². The standard InChI is InChI=1S/C9H17N2.C8H16O2/c1-3-5-10-7-8-11(9-10)6-4-2;1-2-3-4-5-6-7-8(9)10/h7-9H,3-6H2,1-2H3;2-7H2,1H3,(H,9,10)/q+1;/p-1. The van der Waals surface area contributed by atoms with E-state index in [0.29, 0.717) is 0 Å². The molecule has 0 saturated heterocycles. The Kier molecular flexibility index (Phi) is 12.8. The first kappa shape index (κ1) is 19.7. The number of aromatic nitrogens is 2. The highest BCUT2D eigenvalue weighted by Crippen LogP contribution is 2.03. The Morgan fingerprint density at radius 3 is 2.33 bits per heavy atom. The summed E-state index contributed by atoms with van der Waals surface area (Å²) in [6, 6.07) is 0. The van der Waals surface area contributed by atoms with Gasteiger partial charge in [0.1, 0.15) is 12.4 Å². The monoisotopic (exact) mass is 296 g/mol. The van der Waals surface area contributed by atoms with Crippen LogP contribution in [0.25, 0.3) is 0 Å². The molecule has 1 rings (SSSR count). The van der Waals surface area contributed by atoms with Crippen molar-refractivity contribution in [2.24, 2.45) is 0 Å². The Hall–Kier alpha value is -1.32. The Morgan fingerprint density at radius 1 is 1.05 bits per heavy atom. The number of rotatable bonds is 10. The van der Waals surface area contributed by atoms with Gasteiger partial charge in [-0.3, -0.25) is 0 Å². The number of unbranched alkanes of at least 4 members (excludes halogenated alkanes) is 4. The number of imidazole rings is 1. The summed E-state index contributed by atoms with van der Waals surface area (Å²) in [5.41, 5.74) is 0. The third-order valence-electron chi connectivity index (χ3n) is 3.19. The smallest absolute Gasteiger partial charge is 0.243 e. The number of carbonyl (C=O) groups is 1. The maximum atomic E-state index is 9.92. The fraction of sp³-hybridized carbons (Fsp3) is 0.765. The Balaban J connectivity index is 0.000000384. The average molecular weight is 296 g/mol. The van der Waals surface area contributed by atoms with E-state index in [1.165, 1.54) is 25.7 Å². The molecule has 0 aliphatic carbocycles. The van der Waals surface area contributed by atoms with E-state index in [-0.39, 0.29) is 6.42 Å². The molecule has 0 bridgehead atoms. The van der Waals surface area contributed by atoms with E-state index >= 15 is 0 Å². The summed E-state index contributed by atoms with van der Waals surface area (Å²) in [6.07, 6.45) is 14.5. The highest BCUT2D eigenvalue weighted by molar-refractivity contribution is 5.63. The van der Waals surface area contributed by atoms with Crippen LogP contribution < -0.4 is 9.67 Å². The molecule has 21 heavy (non-hydrogen) atoms. The van der Waals surface area contributed by atoms with Crippen molar-refractivity contribution in [2.45, 2.75) is 85.2 Å². The first-order valence-electron chi connectivity index (χ1n) is 8.38. The van der Waals surface area contributed by atoms with Crippen molar-refractivity contribution in [3.63, 3.8) is 0 Å². The fourth-order valence-corrected chi connectivity index (χ4v) is 2.09. The lowest BCUT2D eigenvalue weighted by atomic mass is 10.1. The van der Waals surface area contributed by atoms with E-state index in [1.807, 2.05) is 0 Å². The molecule has 0 aliphatic rings. The van der Waals surface area contributed by atoms with Crippen molar-refractivity contribution in [3.05, 3.63) is 18.7 Å². The van der Waals surface area contributed by atoms with E-state index in [0.717, 1.165) is 32.4 Å². The van der Waals surface area contributed by atoms with Crippen molar-refractivity contribution in [1.82, 2.24) is 4.57 Å². The van der Waals surface area contributed by atoms with Crippen molar-refractivity contribution in [1.29, 1.82) is 0 Å². The zero-order valence-electron chi connectivity index (χ0n) is 14.0. The number of hydrogen-bond donors (Lipinski definition) is 0. The number of carbonyl (C=O) groups excluding carboxylic acids is 1. The van der Waals surface area contributed by atoms with E-state index in [1.54, 1.807) is 0 Å². The second kappa shape index (κ2) is 13.7. The van der Waals surface area contributed by atoms with Gasteiger partial charge in [-0.05, 0) is 25.7 Å². The maximum absolute atomic E-state index is 9.92. The molecule has 0 aliphatic heterocycles. The van der Waals surface area contributed by atoms with Crippen molar-refractivity contribution < 1.29 is 14.5 Å². The molecule has 0 N–H and O–H groups in total. The predicted octanol–water partition coefficient (Wildman–Crippen LogP) is 2.69. The molecule has 0 saturated carbocycles. The van der Waals surface area contributed by atoms with Crippen LogP contribution in [-0.2, 0) is 17.9 Å². The third kappa shape index (κ3) is 12.2. The molecule has 4 heteroatoms. The minimum Gasteiger partial charge on any atom is -0.550 e. The molecular formula is C17H32N2O2. The van der Waals surface area contributed by atoms with Gasteiger partial charge in [-0.15, -0.1) is 0 Å². The number of hydrogen-bond acceptors (Lipinski definition) is 2. The predicted molar refractivity (Wildman–Crippen MR) is 83.6 cm³/mol. The minimum atomic E-state index is -0.920. The second-order valence-electron chi connectivity index (χ2n) is 5.43. The van der Waals surface area contributed by atoms with Crippen LogP contribution in [0.1, 0.15) is 72.1 Å². The summed E-state index contributed by atoms with van der Waals surface area (Å²) in [4.78, 5) is 9.92. The third-order valence-corrected chi connectivity index (χ3v) is 3.19. The zero-order valence-corrected chi connectivity index (χ0v) is 14.0. The van der Waals surface area contributed by atoms with Crippen LogP contribution in [0.2, 0.25) is 0 Å². The molecule has 0 amide bonds. The van der Waals surface area contributed by atoms with Gasteiger partial charge in [0.05, 0.1) is 13.1 Å². The fourth-order valence-electron chi connectivity index (χ4n) is 2.09. The minimum absolute atomic E-state index is 0.226. The lowest BCUT2D eigenvalue weighted by Crippen LogP contribution is -2.30. The second-order valence-corrected chi connectivity index (χ2v) is 5.43. The summed E-state index contributed by atoms with van der Waals surface area (Å²) in [6.45, 7) is 8.81. The highest BCUT2D eigenvalue weighted by Gasteiger charge is 1.99. The normalized spacial score (nSPS) is 10.0. The molecule has 0 atom stereocenters. The van der Waals surface area contributed by atoms with Gasteiger partial charge in [-0.1, -0.05) is 46.5 Å². The Bertz CT molecular complexity index is 341. The van der Waals surface area contributed by atoms with Gasteiger partial charge in [-0.2, -0.15) is 0 Å². The van der Waals surface area contributed by atoms with Gasteiger partial charge in [-0.25, -0.2) is 9.13 Å². The summed E-state index contributed by atoms with van der Waals surface area (Å²) < 4.78 is 4.46. The van der Waals surface area contributed by atoms with E-state index in [2.05, 4.69) is 48.6 Å². The number of aryl methyl sites for hydroxylation is 2. The SMILES string of the molecule is CCCCCCCC(=O)[O-].CCCn1cc[n+](CCC)c1.